The summed E-state index contributed by atoms with van der Waals surface area (Å²) in [5.41, 5.74) is 1.61. The van der Waals surface area contributed by atoms with Gasteiger partial charge in [0.05, 0.1) is 19.3 Å². The standard InChI is InChI=1S/C47H55NO7/c1-3-4-6-13-37-39(50)24-35(36-25-43(55-2)42(53)23-33(36)28-49)30(21-29-10-7-5-8-11-29)14-15-32-27-48-45-18-9-12-34-17-16-31-22-40(51)41(52)26-38(31)47(34,45)44(32)46(37,54)20-19-45/h5,7-8,10-11,16-17,22-23,25-26,30,32,34-35,37,44,48-49,51-54H,3-4,6,9,12-13,18-21,24,27-28H2,1-2H3/t30-,32-,34-,35-,37?,44+,45-,46-,47+/m0/s1. The molecule has 0 radical (unpaired) electrons. The summed E-state index contributed by atoms with van der Waals surface area (Å²) >= 11 is 0. The summed E-state index contributed by atoms with van der Waals surface area (Å²) in [5, 5.41) is 61.2. The molecule has 3 aromatic carbocycles. The zero-order valence-electron chi connectivity index (χ0n) is 32.1. The molecule has 0 aromatic heterocycles. The number of hydrogen-bond acceptors (Lipinski definition) is 8. The molecule has 4 aliphatic carbocycles. The van der Waals surface area contributed by atoms with E-state index in [2.05, 4.69) is 48.4 Å². The average molecular weight is 746 g/mol. The van der Waals surface area contributed by atoms with E-state index in [1.165, 1.54) is 13.2 Å². The number of allylic oxidation sites excluding steroid dienone is 1. The first-order valence-corrected chi connectivity index (χ1v) is 20.4. The van der Waals surface area contributed by atoms with Crippen molar-refractivity contribution in [1.82, 2.24) is 5.32 Å². The van der Waals surface area contributed by atoms with Crippen LogP contribution in [0.1, 0.15) is 105 Å². The summed E-state index contributed by atoms with van der Waals surface area (Å²) in [7, 11) is 1.49. The molecule has 1 saturated heterocycles. The van der Waals surface area contributed by atoms with E-state index in [9.17, 15) is 25.5 Å². The fraction of sp³-hybridized carbons (Fsp3) is 0.511. The van der Waals surface area contributed by atoms with Gasteiger partial charge >= 0.3 is 0 Å². The number of aromatic hydroxyl groups is 3. The Balaban J connectivity index is 1.38. The summed E-state index contributed by atoms with van der Waals surface area (Å²) < 4.78 is 5.57. The van der Waals surface area contributed by atoms with Crippen LogP contribution in [-0.4, -0.2) is 56.1 Å². The van der Waals surface area contributed by atoms with Crippen molar-refractivity contribution in [3.05, 3.63) is 88.5 Å². The highest BCUT2D eigenvalue weighted by atomic mass is 16.5. The third-order valence-corrected chi connectivity index (χ3v) is 14.4. The quantitative estimate of drug-likeness (QED) is 0.0764. The van der Waals surface area contributed by atoms with Crippen molar-refractivity contribution in [2.45, 2.75) is 107 Å². The van der Waals surface area contributed by atoms with Gasteiger partial charge in [-0.1, -0.05) is 86.9 Å². The van der Waals surface area contributed by atoms with Crippen molar-refractivity contribution in [1.29, 1.82) is 0 Å². The van der Waals surface area contributed by atoms with Gasteiger partial charge in [0.1, 0.15) is 5.78 Å². The molecule has 2 saturated carbocycles. The predicted molar refractivity (Wildman–Crippen MR) is 212 cm³/mol. The molecule has 3 aromatic rings. The first-order valence-electron chi connectivity index (χ1n) is 20.4. The molecule has 6 N–H and O–H groups in total. The molecule has 0 amide bonds. The Morgan fingerprint density at radius 3 is 2.53 bits per heavy atom. The van der Waals surface area contributed by atoms with Gasteiger partial charge in [0, 0.05) is 53.5 Å². The van der Waals surface area contributed by atoms with Crippen molar-refractivity contribution >= 4 is 11.9 Å². The second-order valence-corrected chi connectivity index (χ2v) is 17.0. The molecule has 8 nitrogen and oxygen atoms in total. The highest BCUT2D eigenvalue weighted by molar-refractivity contribution is 5.84. The zero-order valence-corrected chi connectivity index (χ0v) is 32.1. The molecule has 8 rings (SSSR count). The normalized spacial score (nSPS) is 33.3. The molecule has 55 heavy (non-hydrogen) atoms. The van der Waals surface area contributed by atoms with Gasteiger partial charge in [0.2, 0.25) is 0 Å². The number of carbonyl (C=O) groups is 1. The molecule has 9 atom stereocenters. The minimum atomic E-state index is -1.40. The number of phenols is 3. The Morgan fingerprint density at radius 1 is 0.964 bits per heavy atom. The number of ether oxygens (including phenoxy) is 1. The van der Waals surface area contributed by atoms with Crippen LogP contribution in [0.5, 0.6) is 23.0 Å². The summed E-state index contributed by atoms with van der Waals surface area (Å²) in [5.74, 6) is 5.18. The molecular formula is C47H55NO7. The van der Waals surface area contributed by atoms with E-state index in [-0.39, 0.29) is 65.1 Å². The minimum Gasteiger partial charge on any atom is -0.504 e. The summed E-state index contributed by atoms with van der Waals surface area (Å²) in [6, 6.07) is 16.8. The van der Waals surface area contributed by atoms with Crippen LogP contribution in [0.15, 0.2) is 60.7 Å². The van der Waals surface area contributed by atoms with Gasteiger partial charge in [-0.2, -0.15) is 0 Å². The van der Waals surface area contributed by atoms with E-state index in [1.807, 2.05) is 18.2 Å². The van der Waals surface area contributed by atoms with Crippen molar-refractivity contribution < 1.29 is 35.1 Å². The van der Waals surface area contributed by atoms with Crippen molar-refractivity contribution in [2.24, 2.45) is 29.6 Å². The molecule has 8 heteroatoms. The minimum absolute atomic E-state index is 0.00466. The second-order valence-electron chi connectivity index (χ2n) is 17.0. The number of aliphatic hydroxyl groups is 2. The molecule has 2 bridgehead atoms. The fourth-order valence-corrected chi connectivity index (χ4v) is 12.1. The number of phenolic OH excluding ortho intramolecular Hbond substituents is 3. The van der Waals surface area contributed by atoms with Gasteiger partial charge < -0.3 is 35.6 Å². The van der Waals surface area contributed by atoms with Gasteiger partial charge in [-0.05, 0) is 96.5 Å². The number of aliphatic hydroxyl groups excluding tert-OH is 1. The molecule has 1 unspecified atom stereocenters. The van der Waals surface area contributed by atoms with Crippen LogP contribution < -0.4 is 10.1 Å². The van der Waals surface area contributed by atoms with Crippen molar-refractivity contribution in [3.63, 3.8) is 0 Å². The van der Waals surface area contributed by atoms with Gasteiger partial charge in [-0.15, -0.1) is 0 Å². The summed E-state index contributed by atoms with van der Waals surface area (Å²) in [6.45, 7) is 2.38. The smallest absolute Gasteiger partial charge is 0.160 e. The van der Waals surface area contributed by atoms with E-state index in [1.54, 1.807) is 18.2 Å². The highest BCUT2D eigenvalue weighted by Gasteiger charge is 2.74. The first-order chi connectivity index (χ1) is 26.6. The van der Waals surface area contributed by atoms with E-state index < -0.39 is 28.8 Å². The molecule has 1 spiro atoms. The molecule has 5 aliphatic rings. The number of rotatable bonds is 9. The molecule has 3 fully saturated rings. The van der Waals surface area contributed by atoms with Crippen LogP contribution in [0.2, 0.25) is 0 Å². The maximum Gasteiger partial charge on any atom is 0.160 e. The van der Waals surface area contributed by atoms with Crippen LogP contribution in [0.3, 0.4) is 0 Å². The third-order valence-electron chi connectivity index (χ3n) is 14.4. The third kappa shape index (κ3) is 5.97. The fourth-order valence-electron chi connectivity index (χ4n) is 12.1. The highest BCUT2D eigenvalue weighted by Crippen LogP contribution is 2.69. The second kappa shape index (κ2) is 14.7. The van der Waals surface area contributed by atoms with Crippen LogP contribution >= 0.6 is 0 Å². The van der Waals surface area contributed by atoms with Gasteiger partial charge in [0.25, 0.3) is 0 Å². The number of carbonyl (C=O) groups excluding carboxylic acids is 1. The number of benzene rings is 3. The maximum absolute atomic E-state index is 15.5. The van der Waals surface area contributed by atoms with Gasteiger partial charge in [-0.3, -0.25) is 4.79 Å². The van der Waals surface area contributed by atoms with E-state index in [0.717, 1.165) is 55.2 Å². The Hall–Kier alpha value is -4.29. The molecule has 1 heterocycles. The van der Waals surface area contributed by atoms with Crippen LogP contribution in [0.4, 0.5) is 0 Å². The number of methoxy groups -OCH3 is 1. The number of fused-ring (bicyclic) bond motifs is 1. The van der Waals surface area contributed by atoms with Crippen LogP contribution in [0, 0.1) is 41.4 Å². The number of hydrogen-bond donors (Lipinski definition) is 6. The lowest BCUT2D eigenvalue weighted by atomic mass is 9.35. The number of ketones is 1. The van der Waals surface area contributed by atoms with Gasteiger partial charge in [-0.25, -0.2) is 0 Å². The SMILES string of the molecule is CCCCCC1C(=O)C[C@H](c2cc(OC)c(O)cc2CO)[C@H](Cc2ccccc2)C#C[C@H]2CN[C@]34CCC[C@H]5C=Cc6cc(O)c(O)cc6[C@@]53[C@H]2[C@]1(O)CC4. The molecule has 290 valence electrons. The number of nitrogens with one attached hydrogen (secondary N) is 1. The van der Waals surface area contributed by atoms with Crippen LogP contribution in [0.25, 0.3) is 6.08 Å². The Kier molecular flexibility index (Phi) is 10.0. The predicted octanol–water partition coefficient (Wildman–Crippen LogP) is 7.28. The van der Waals surface area contributed by atoms with Crippen LogP contribution in [-0.2, 0) is 23.2 Å². The Bertz CT molecular complexity index is 2030. The largest absolute Gasteiger partial charge is 0.504 e. The summed E-state index contributed by atoms with van der Waals surface area (Å²) in [4.78, 5) is 15.5. The number of unbranched alkanes of at least 4 members (excludes halogenated alkanes) is 2. The zero-order chi connectivity index (χ0) is 38.5. The summed E-state index contributed by atoms with van der Waals surface area (Å²) in [6.07, 6.45) is 12.2. The Labute approximate surface area is 324 Å². The lowest BCUT2D eigenvalue weighted by molar-refractivity contribution is -0.205. The van der Waals surface area contributed by atoms with E-state index >= 15 is 4.79 Å². The first kappa shape index (κ1) is 37.6. The van der Waals surface area contributed by atoms with E-state index in [4.69, 9.17) is 4.74 Å². The maximum atomic E-state index is 15.5. The number of Topliss-reactive ketones (excluding diaryl/α,β-unsaturated/α-hetero) is 1. The monoisotopic (exact) mass is 745 g/mol. The molecular weight excluding hydrogens is 691 g/mol. The number of piperidine rings is 1. The average Bonchev–Trinajstić information content (AvgIpc) is 3.18. The van der Waals surface area contributed by atoms with E-state index in [0.29, 0.717) is 43.4 Å². The lowest BCUT2D eigenvalue weighted by Gasteiger charge is -2.72. The van der Waals surface area contributed by atoms with Gasteiger partial charge in [0.15, 0.2) is 23.0 Å². The van der Waals surface area contributed by atoms with Crippen molar-refractivity contribution in [2.75, 3.05) is 13.7 Å². The van der Waals surface area contributed by atoms with Crippen molar-refractivity contribution in [3.8, 4) is 34.8 Å². The molecule has 1 aliphatic heterocycles. The topological polar surface area (TPSA) is 139 Å². The lowest BCUT2D eigenvalue weighted by Crippen LogP contribution is -2.81. The Morgan fingerprint density at radius 2 is 1.76 bits per heavy atom.